The molecule has 2 heteroatoms. The van der Waals surface area contributed by atoms with Crippen molar-refractivity contribution < 1.29 is 4.42 Å². The molecule has 1 aromatic heterocycles. The maximum absolute atomic E-state index is 6.32. The Morgan fingerprint density at radius 3 is 1.48 bits per heavy atom. The van der Waals surface area contributed by atoms with Crippen LogP contribution < -0.4 is 4.90 Å². The van der Waals surface area contributed by atoms with E-state index in [1.54, 1.807) is 0 Å². The number of anilines is 3. The summed E-state index contributed by atoms with van der Waals surface area (Å²) in [6, 6.07) is 89.2. The summed E-state index contributed by atoms with van der Waals surface area (Å²) in [5, 5.41) is 2.27. The number of para-hydroxylation sites is 1. The first-order chi connectivity index (χ1) is 32.1. The topological polar surface area (TPSA) is 16.4 Å². The van der Waals surface area contributed by atoms with E-state index in [4.69, 9.17) is 4.42 Å². The van der Waals surface area contributed by atoms with Crippen molar-refractivity contribution in [3.63, 3.8) is 0 Å². The van der Waals surface area contributed by atoms with Gasteiger partial charge in [-0.1, -0.05) is 194 Å². The lowest BCUT2D eigenvalue weighted by Gasteiger charge is -2.34. The fourth-order valence-corrected chi connectivity index (χ4v) is 11.5. The van der Waals surface area contributed by atoms with Gasteiger partial charge >= 0.3 is 0 Å². The van der Waals surface area contributed by atoms with Gasteiger partial charge in [-0.3, -0.25) is 0 Å². The fourth-order valence-electron chi connectivity index (χ4n) is 11.5. The molecule has 65 heavy (non-hydrogen) atoms. The average molecular weight is 830 g/mol. The van der Waals surface area contributed by atoms with E-state index in [0.29, 0.717) is 0 Å². The van der Waals surface area contributed by atoms with Gasteiger partial charge in [0.25, 0.3) is 0 Å². The summed E-state index contributed by atoms with van der Waals surface area (Å²) in [7, 11) is 0. The van der Waals surface area contributed by atoms with Crippen LogP contribution in [0.3, 0.4) is 0 Å². The zero-order valence-electron chi connectivity index (χ0n) is 35.9. The first-order valence-electron chi connectivity index (χ1n) is 22.6. The van der Waals surface area contributed by atoms with Crippen molar-refractivity contribution in [2.45, 2.75) is 17.8 Å². The quantitative estimate of drug-likeness (QED) is 0.159. The second-order valence-electron chi connectivity index (χ2n) is 17.7. The lowest BCUT2D eigenvalue weighted by atomic mass is 9.68. The molecular formula is C63H43NO. The molecule has 13 rings (SSSR count). The number of rotatable bonds is 7. The van der Waals surface area contributed by atoms with Crippen molar-refractivity contribution in [3.8, 4) is 33.4 Å². The Hall–Kier alpha value is -8.20. The first-order valence-corrected chi connectivity index (χ1v) is 22.6. The average Bonchev–Trinajstić information content (AvgIpc) is 4.00. The molecule has 0 fully saturated rings. The Labute approximate surface area is 379 Å². The van der Waals surface area contributed by atoms with Crippen LogP contribution in [-0.2, 0) is 10.8 Å². The molecule has 2 nitrogen and oxygen atoms in total. The van der Waals surface area contributed by atoms with Crippen LogP contribution in [0, 0.1) is 0 Å². The smallest absolute Gasteiger partial charge is 0.136 e. The maximum atomic E-state index is 6.32. The van der Waals surface area contributed by atoms with Gasteiger partial charge in [-0.25, -0.2) is 0 Å². The molecule has 0 saturated carbocycles. The van der Waals surface area contributed by atoms with Crippen LogP contribution in [0.25, 0.3) is 55.3 Å². The summed E-state index contributed by atoms with van der Waals surface area (Å²) in [5.41, 5.74) is 20.8. The number of hydrogen-bond acceptors (Lipinski definition) is 2. The molecule has 0 N–H and O–H groups in total. The van der Waals surface area contributed by atoms with Crippen LogP contribution >= 0.6 is 0 Å². The zero-order chi connectivity index (χ0) is 43.1. The molecule has 0 spiro atoms. The molecule has 0 saturated heterocycles. The van der Waals surface area contributed by atoms with Crippen molar-refractivity contribution in [1.29, 1.82) is 0 Å². The molecule has 2 aliphatic rings. The number of benzene rings is 10. The van der Waals surface area contributed by atoms with E-state index in [0.717, 1.165) is 50.1 Å². The van der Waals surface area contributed by atoms with Crippen LogP contribution in [0.15, 0.2) is 247 Å². The number of fused-ring (bicyclic) bond motifs is 9. The van der Waals surface area contributed by atoms with Crippen LogP contribution in [0.1, 0.15) is 45.9 Å². The van der Waals surface area contributed by atoms with E-state index in [-0.39, 0.29) is 5.41 Å². The Bertz CT molecular complexity index is 3570. The lowest BCUT2D eigenvalue weighted by Crippen LogP contribution is -2.28. The van der Waals surface area contributed by atoms with Crippen LogP contribution in [0.5, 0.6) is 0 Å². The SMILES string of the molecule is CC1(c2ccccc2)c2ccccc2-c2cc(N(c3ccc(-c4cccc5oc6ccccc6c45)cc3)c3ccc4c(c3)-c3ccccc3C4(c3ccccc3)c3ccccc3)ccc21. The van der Waals surface area contributed by atoms with Crippen LogP contribution in [-0.4, -0.2) is 0 Å². The predicted molar refractivity (Wildman–Crippen MR) is 269 cm³/mol. The van der Waals surface area contributed by atoms with Crippen molar-refractivity contribution >= 4 is 39.0 Å². The number of hydrogen-bond donors (Lipinski definition) is 0. The van der Waals surface area contributed by atoms with E-state index >= 15 is 0 Å². The summed E-state index contributed by atoms with van der Waals surface area (Å²) >= 11 is 0. The van der Waals surface area contributed by atoms with Gasteiger partial charge in [-0.2, -0.15) is 0 Å². The summed E-state index contributed by atoms with van der Waals surface area (Å²) in [4.78, 5) is 2.45. The lowest BCUT2D eigenvalue weighted by molar-refractivity contribution is 0.669. The number of nitrogens with zero attached hydrogens (tertiary/aromatic N) is 1. The van der Waals surface area contributed by atoms with Gasteiger partial charge in [0, 0.05) is 33.2 Å². The predicted octanol–water partition coefficient (Wildman–Crippen LogP) is 16.4. The Morgan fingerprint density at radius 2 is 0.800 bits per heavy atom. The fraction of sp³-hybridized carbons (Fsp3) is 0.0476. The van der Waals surface area contributed by atoms with E-state index in [9.17, 15) is 0 Å². The summed E-state index contributed by atoms with van der Waals surface area (Å²) in [5.74, 6) is 0. The van der Waals surface area contributed by atoms with E-state index < -0.39 is 5.41 Å². The minimum Gasteiger partial charge on any atom is -0.456 e. The normalized spacial score (nSPS) is 15.3. The standard InChI is InChI=1S/C63H43NO/c1-62(43-18-5-2-6-19-43)55-28-14-11-24-50(55)53-40-47(36-38-56(53)62)64(46-34-32-42(33-35-46)49-27-17-31-60-61(49)52-26-13-16-30-59(52)65-60)48-37-39-58-54(41-48)51-25-12-15-29-57(51)63(58,44-20-7-3-8-21-44)45-22-9-4-10-23-45/h2-41H,1H3. The molecule has 1 heterocycles. The molecule has 1 unspecified atom stereocenters. The second-order valence-corrected chi connectivity index (χ2v) is 17.7. The van der Waals surface area contributed by atoms with Gasteiger partial charge in [0.1, 0.15) is 11.2 Å². The molecule has 11 aromatic rings. The largest absolute Gasteiger partial charge is 0.456 e. The van der Waals surface area contributed by atoms with E-state index in [1.165, 1.54) is 61.2 Å². The summed E-state index contributed by atoms with van der Waals surface area (Å²) in [6.07, 6.45) is 0. The number of furan rings is 1. The Morgan fingerprint density at radius 1 is 0.338 bits per heavy atom. The summed E-state index contributed by atoms with van der Waals surface area (Å²) in [6.45, 7) is 2.39. The molecule has 2 aliphatic carbocycles. The minimum absolute atomic E-state index is 0.286. The zero-order valence-corrected chi connectivity index (χ0v) is 35.9. The van der Waals surface area contributed by atoms with Gasteiger partial charge in [0.2, 0.25) is 0 Å². The summed E-state index contributed by atoms with van der Waals surface area (Å²) < 4.78 is 6.32. The van der Waals surface area contributed by atoms with Crippen molar-refractivity contribution in [1.82, 2.24) is 0 Å². The monoisotopic (exact) mass is 829 g/mol. The third-order valence-electron chi connectivity index (χ3n) is 14.4. The maximum Gasteiger partial charge on any atom is 0.136 e. The first kappa shape index (κ1) is 37.4. The third-order valence-corrected chi connectivity index (χ3v) is 14.4. The second kappa shape index (κ2) is 14.4. The van der Waals surface area contributed by atoms with E-state index in [2.05, 4.69) is 248 Å². The van der Waals surface area contributed by atoms with Gasteiger partial charge in [-0.15, -0.1) is 0 Å². The van der Waals surface area contributed by atoms with Gasteiger partial charge in [-0.05, 0) is 128 Å². The van der Waals surface area contributed by atoms with Crippen molar-refractivity contribution in [2.75, 3.05) is 4.90 Å². The van der Waals surface area contributed by atoms with Crippen molar-refractivity contribution in [3.05, 3.63) is 282 Å². The highest BCUT2D eigenvalue weighted by Crippen LogP contribution is 2.58. The molecule has 10 aromatic carbocycles. The Kier molecular flexibility index (Phi) is 8.29. The highest BCUT2D eigenvalue weighted by molar-refractivity contribution is 6.12. The molecule has 0 amide bonds. The molecule has 1 atom stereocenters. The van der Waals surface area contributed by atoms with Gasteiger partial charge in [0.05, 0.1) is 5.41 Å². The van der Waals surface area contributed by atoms with E-state index in [1.807, 2.05) is 6.07 Å². The van der Waals surface area contributed by atoms with Gasteiger partial charge in [0.15, 0.2) is 0 Å². The third kappa shape index (κ3) is 5.41. The molecule has 306 valence electrons. The molecule has 0 radical (unpaired) electrons. The molecular weight excluding hydrogens is 787 g/mol. The van der Waals surface area contributed by atoms with Crippen LogP contribution in [0.4, 0.5) is 17.1 Å². The molecule has 0 bridgehead atoms. The highest BCUT2D eigenvalue weighted by atomic mass is 16.3. The minimum atomic E-state index is -0.475. The Balaban J connectivity index is 1.02. The van der Waals surface area contributed by atoms with Gasteiger partial charge < -0.3 is 9.32 Å². The van der Waals surface area contributed by atoms with Crippen molar-refractivity contribution in [2.24, 2.45) is 0 Å². The highest BCUT2D eigenvalue weighted by Gasteiger charge is 2.46. The molecule has 0 aliphatic heterocycles. The van der Waals surface area contributed by atoms with Crippen LogP contribution in [0.2, 0.25) is 0 Å².